The van der Waals surface area contributed by atoms with Crippen LogP contribution in [0.5, 0.6) is 17.2 Å². The number of phenolic OH excluding ortho intramolecular Hbond substituents is 3. The summed E-state index contributed by atoms with van der Waals surface area (Å²) >= 11 is 0. The molecule has 2 rings (SSSR count). The zero-order valence-corrected chi connectivity index (χ0v) is 11.2. The lowest BCUT2D eigenvalue weighted by Crippen LogP contribution is -2.19. The number of nitrogens with zero attached hydrogens (tertiary/aromatic N) is 1. The number of rotatable bonds is 3. The summed E-state index contributed by atoms with van der Waals surface area (Å²) in [6.45, 7) is 1.61. The Kier molecular flexibility index (Phi) is 4.08. The van der Waals surface area contributed by atoms with Gasteiger partial charge in [-0.05, 0) is 37.3 Å². The smallest absolute Gasteiger partial charge is 0.271 e. The molecule has 2 aromatic carbocycles. The van der Waals surface area contributed by atoms with E-state index in [-0.39, 0.29) is 22.8 Å². The number of amides is 1. The number of hydrogen-bond acceptors (Lipinski definition) is 5. The summed E-state index contributed by atoms with van der Waals surface area (Å²) in [5.41, 5.74) is 3.36. The van der Waals surface area contributed by atoms with Gasteiger partial charge in [-0.2, -0.15) is 5.10 Å². The maximum atomic E-state index is 11.8. The second kappa shape index (κ2) is 5.96. The predicted octanol–water partition coefficient (Wildman–Crippen LogP) is 1.96. The van der Waals surface area contributed by atoms with Crippen LogP contribution in [0.4, 0.5) is 0 Å². The minimum Gasteiger partial charge on any atom is -0.508 e. The van der Waals surface area contributed by atoms with Crippen LogP contribution < -0.4 is 5.43 Å². The summed E-state index contributed by atoms with van der Waals surface area (Å²) in [6.07, 6.45) is 0. The number of phenols is 3. The maximum absolute atomic E-state index is 11.8. The summed E-state index contributed by atoms with van der Waals surface area (Å²) < 4.78 is 0. The molecule has 0 atom stereocenters. The van der Waals surface area contributed by atoms with E-state index in [1.807, 2.05) is 0 Å². The molecule has 21 heavy (non-hydrogen) atoms. The molecule has 0 aromatic heterocycles. The number of carbonyl (C=O) groups excluding carboxylic acids is 1. The molecule has 0 aliphatic rings. The Morgan fingerprint density at radius 1 is 1.05 bits per heavy atom. The van der Waals surface area contributed by atoms with Gasteiger partial charge in [0.2, 0.25) is 0 Å². The average molecular weight is 286 g/mol. The molecule has 0 saturated heterocycles. The quantitative estimate of drug-likeness (QED) is 0.511. The minimum absolute atomic E-state index is 0.0143. The summed E-state index contributed by atoms with van der Waals surface area (Å²) in [5.74, 6) is -0.696. The first kappa shape index (κ1) is 14.4. The van der Waals surface area contributed by atoms with Crippen molar-refractivity contribution in [1.29, 1.82) is 0 Å². The average Bonchev–Trinajstić information content (AvgIpc) is 2.44. The Labute approximate surface area is 121 Å². The second-order valence-corrected chi connectivity index (χ2v) is 4.39. The molecule has 0 bridgehead atoms. The number of benzene rings is 2. The van der Waals surface area contributed by atoms with Gasteiger partial charge in [-0.25, -0.2) is 5.43 Å². The van der Waals surface area contributed by atoms with Crippen molar-refractivity contribution in [2.75, 3.05) is 0 Å². The van der Waals surface area contributed by atoms with Crippen LogP contribution in [-0.4, -0.2) is 26.9 Å². The van der Waals surface area contributed by atoms with Crippen molar-refractivity contribution in [2.24, 2.45) is 5.10 Å². The van der Waals surface area contributed by atoms with Crippen molar-refractivity contribution in [2.45, 2.75) is 6.92 Å². The van der Waals surface area contributed by atoms with Crippen molar-refractivity contribution in [3.63, 3.8) is 0 Å². The van der Waals surface area contributed by atoms with Crippen LogP contribution in [0, 0.1) is 0 Å². The van der Waals surface area contributed by atoms with E-state index in [4.69, 9.17) is 0 Å². The van der Waals surface area contributed by atoms with E-state index < -0.39 is 5.91 Å². The molecule has 0 aliphatic carbocycles. The third-order valence-electron chi connectivity index (χ3n) is 2.80. The van der Waals surface area contributed by atoms with Crippen LogP contribution in [0.25, 0.3) is 0 Å². The molecular formula is C15H14N2O4. The molecule has 0 radical (unpaired) electrons. The monoisotopic (exact) mass is 286 g/mol. The summed E-state index contributed by atoms with van der Waals surface area (Å²) in [5, 5.41) is 32.1. The van der Waals surface area contributed by atoms with E-state index >= 15 is 0 Å². The van der Waals surface area contributed by atoms with Crippen molar-refractivity contribution < 1.29 is 20.1 Å². The maximum Gasteiger partial charge on any atom is 0.271 e. The number of hydrogen-bond donors (Lipinski definition) is 4. The third kappa shape index (κ3) is 3.50. The van der Waals surface area contributed by atoms with E-state index in [1.54, 1.807) is 13.0 Å². The van der Waals surface area contributed by atoms with Gasteiger partial charge in [-0.1, -0.05) is 6.07 Å². The standard InChI is InChI=1S/C15H14N2O4/c1-9(13-6-5-12(19)8-14(13)20)16-17-15(21)10-3-2-4-11(18)7-10/h2-8,18-20H,1H3,(H,17,21)/b16-9+. The Morgan fingerprint density at radius 3 is 2.43 bits per heavy atom. The molecule has 0 spiro atoms. The van der Waals surface area contributed by atoms with Crippen LogP contribution in [0.15, 0.2) is 47.6 Å². The lowest BCUT2D eigenvalue weighted by atomic mass is 10.1. The molecular weight excluding hydrogens is 272 g/mol. The highest BCUT2D eigenvalue weighted by atomic mass is 16.3. The second-order valence-electron chi connectivity index (χ2n) is 4.39. The Bertz CT molecular complexity index is 711. The first-order valence-corrected chi connectivity index (χ1v) is 6.13. The highest BCUT2D eigenvalue weighted by Gasteiger charge is 2.08. The Balaban J connectivity index is 2.15. The van der Waals surface area contributed by atoms with Crippen molar-refractivity contribution in [1.82, 2.24) is 5.43 Å². The van der Waals surface area contributed by atoms with Crippen molar-refractivity contribution >= 4 is 11.6 Å². The predicted molar refractivity (Wildman–Crippen MR) is 77.6 cm³/mol. The SMILES string of the molecule is C/C(=N\NC(=O)c1cccc(O)c1)c1ccc(O)cc1O. The molecule has 0 unspecified atom stereocenters. The summed E-state index contributed by atoms with van der Waals surface area (Å²) in [4.78, 5) is 11.8. The van der Waals surface area contributed by atoms with Gasteiger partial charge in [0.05, 0.1) is 5.71 Å². The molecule has 0 fully saturated rings. The van der Waals surface area contributed by atoms with Crippen LogP contribution in [0.3, 0.4) is 0 Å². The number of hydrazone groups is 1. The Morgan fingerprint density at radius 2 is 1.76 bits per heavy atom. The van der Waals surface area contributed by atoms with E-state index in [2.05, 4.69) is 10.5 Å². The summed E-state index contributed by atoms with van der Waals surface area (Å²) in [6, 6.07) is 9.95. The van der Waals surface area contributed by atoms with Gasteiger partial charge in [0.15, 0.2) is 0 Å². The van der Waals surface area contributed by atoms with Crippen LogP contribution in [-0.2, 0) is 0 Å². The molecule has 0 saturated carbocycles. The van der Waals surface area contributed by atoms with Gasteiger partial charge >= 0.3 is 0 Å². The molecule has 0 aliphatic heterocycles. The van der Waals surface area contributed by atoms with Crippen LogP contribution in [0.1, 0.15) is 22.8 Å². The van der Waals surface area contributed by atoms with Gasteiger partial charge in [-0.3, -0.25) is 4.79 Å². The molecule has 2 aromatic rings. The summed E-state index contributed by atoms with van der Waals surface area (Å²) in [7, 11) is 0. The third-order valence-corrected chi connectivity index (χ3v) is 2.80. The number of nitrogens with one attached hydrogen (secondary N) is 1. The fourth-order valence-electron chi connectivity index (χ4n) is 1.73. The fourth-order valence-corrected chi connectivity index (χ4v) is 1.73. The number of carbonyl (C=O) groups is 1. The zero-order valence-electron chi connectivity index (χ0n) is 11.2. The molecule has 6 nitrogen and oxygen atoms in total. The lowest BCUT2D eigenvalue weighted by molar-refractivity contribution is 0.0954. The fraction of sp³-hybridized carbons (Fsp3) is 0.0667. The normalized spacial score (nSPS) is 11.2. The van der Waals surface area contributed by atoms with Crippen LogP contribution >= 0.6 is 0 Å². The first-order chi connectivity index (χ1) is 9.97. The van der Waals surface area contributed by atoms with Gasteiger partial charge < -0.3 is 15.3 Å². The molecule has 1 amide bonds. The van der Waals surface area contributed by atoms with Crippen LogP contribution in [0.2, 0.25) is 0 Å². The largest absolute Gasteiger partial charge is 0.508 e. The minimum atomic E-state index is -0.483. The van der Waals surface area contributed by atoms with Gasteiger partial charge in [0.1, 0.15) is 17.2 Å². The van der Waals surface area contributed by atoms with Gasteiger partial charge in [-0.15, -0.1) is 0 Å². The van der Waals surface area contributed by atoms with E-state index in [0.717, 1.165) is 0 Å². The van der Waals surface area contributed by atoms with E-state index in [1.165, 1.54) is 36.4 Å². The Hall–Kier alpha value is -3.02. The molecule has 0 heterocycles. The highest BCUT2D eigenvalue weighted by Crippen LogP contribution is 2.23. The van der Waals surface area contributed by atoms with Crippen molar-refractivity contribution in [3.05, 3.63) is 53.6 Å². The van der Waals surface area contributed by atoms with Gasteiger partial charge in [0, 0.05) is 17.2 Å². The molecule has 108 valence electrons. The van der Waals surface area contributed by atoms with Crippen molar-refractivity contribution in [3.8, 4) is 17.2 Å². The van der Waals surface area contributed by atoms with E-state index in [0.29, 0.717) is 11.3 Å². The highest BCUT2D eigenvalue weighted by molar-refractivity contribution is 6.02. The first-order valence-electron chi connectivity index (χ1n) is 6.13. The van der Waals surface area contributed by atoms with E-state index in [9.17, 15) is 20.1 Å². The topological polar surface area (TPSA) is 102 Å². The number of aromatic hydroxyl groups is 3. The van der Waals surface area contributed by atoms with Gasteiger partial charge in [0.25, 0.3) is 5.91 Å². The molecule has 6 heteroatoms. The zero-order chi connectivity index (χ0) is 15.4. The lowest BCUT2D eigenvalue weighted by Gasteiger charge is -2.05. The molecule has 4 N–H and O–H groups in total.